The van der Waals surface area contributed by atoms with Crippen molar-refractivity contribution in [1.29, 1.82) is 0 Å². The molecule has 0 aromatic rings. The average Bonchev–Trinajstić information content (AvgIpc) is 2.89. The molecule has 0 radical (unpaired) electrons. The first-order chi connectivity index (χ1) is 7.75. The first-order valence-electron chi connectivity index (χ1n) is 6.45. The van der Waals surface area contributed by atoms with Crippen LogP contribution < -0.4 is 10.6 Å². The summed E-state index contributed by atoms with van der Waals surface area (Å²) in [7, 11) is 2.17. The normalized spacial score (nSPS) is 30.8. The first kappa shape index (κ1) is 11.9. The number of hydrogen-bond acceptors (Lipinski definition) is 3. The van der Waals surface area contributed by atoms with Crippen LogP contribution in [0.1, 0.15) is 25.7 Å². The van der Waals surface area contributed by atoms with E-state index in [1.807, 2.05) is 0 Å². The molecule has 2 aliphatic heterocycles. The zero-order valence-corrected chi connectivity index (χ0v) is 10.2. The van der Waals surface area contributed by atoms with E-state index in [9.17, 15) is 4.79 Å². The highest BCUT2D eigenvalue weighted by molar-refractivity contribution is 5.81. The third-order valence-corrected chi connectivity index (χ3v) is 3.72. The molecule has 2 atom stereocenters. The predicted molar refractivity (Wildman–Crippen MR) is 64.3 cm³/mol. The minimum atomic E-state index is 0.0752. The summed E-state index contributed by atoms with van der Waals surface area (Å²) in [6.45, 7) is 4.24. The molecule has 16 heavy (non-hydrogen) atoms. The third-order valence-electron chi connectivity index (χ3n) is 3.72. The summed E-state index contributed by atoms with van der Waals surface area (Å²) in [5.74, 6) is 0.977. The standard InChI is InChI=1S/C12H23N3O/c1-15-8-5-10(9-15)4-7-14-12(16)11-3-2-6-13-11/h10-11,13H,2-9H2,1H3,(H,14,16). The molecule has 2 heterocycles. The van der Waals surface area contributed by atoms with Crippen LogP contribution in [0.25, 0.3) is 0 Å². The highest BCUT2D eigenvalue weighted by atomic mass is 16.2. The van der Waals surface area contributed by atoms with Gasteiger partial charge >= 0.3 is 0 Å². The van der Waals surface area contributed by atoms with Crippen molar-refractivity contribution in [3.05, 3.63) is 0 Å². The van der Waals surface area contributed by atoms with Crippen molar-refractivity contribution in [1.82, 2.24) is 15.5 Å². The Morgan fingerprint density at radius 2 is 2.38 bits per heavy atom. The fraction of sp³-hybridized carbons (Fsp3) is 0.917. The van der Waals surface area contributed by atoms with Crippen LogP contribution in [0.4, 0.5) is 0 Å². The Morgan fingerprint density at radius 3 is 3.00 bits per heavy atom. The van der Waals surface area contributed by atoms with E-state index in [1.165, 1.54) is 19.5 Å². The lowest BCUT2D eigenvalue weighted by Crippen LogP contribution is -2.41. The lowest BCUT2D eigenvalue weighted by atomic mass is 10.1. The molecule has 2 aliphatic rings. The second kappa shape index (κ2) is 5.64. The van der Waals surface area contributed by atoms with Crippen LogP contribution in [-0.4, -0.2) is 50.1 Å². The highest BCUT2D eigenvalue weighted by Crippen LogP contribution is 2.17. The molecule has 0 saturated carbocycles. The number of hydrogen-bond donors (Lipinski definition) is 2. The highest BCUT2D eigenvalue weighted by Gasteiger charge is 2.22. The van der Waals surface area contributed by atoms with E-state index in [0.29, 0.717) is 0 Å². The predicted octanol–water partition coefficient (Wildman–Crippen LogP) is 0.196. The summed E-state index contributed by atoms with van der Waals surface area (Å²) in [6, 6.07) is 0.0752. The molecule has 0 bridgehead atoms. The van der Waals surface area contributed by atoms with E-state index in [0.717, 1.165) is 38.3 Å². The molecule has 92 valence electrons. The maximum Gasteiger partial charge on any atom is 0.237 e. The minimum Gasteiger partial charge on any atom is -0.355 e. The van der Waals surface area contributed by atoms with Gasteiger partial charge in [-0.25, -0.2) is 0 Å². The molecule has 0 spiro atoms. The van der Waals surface area contributed by atoms with Crippen LogP contribution in [0.2, 0.25) is 0 Å². The Balaban J connectivity index is 1.58. The lowest BCUT2D eigenvalue weighted by Gasteiger charge is -2.13. The quantitative estimate of drug-likeness (QED) is 0.718. The summed E-state index contributed by atoms with van der Waals surface area (Å²) in [5, 5.41) is 6.27. The van der Waals surface area contributed by atoms with Crippen molar-refractivity contribution in [2.24, 2.45) is 5.92 Å². The van der Waals surface area contributed by atoms with Gasteiger partial charge in [-0.15, -0.1) is 0 Å². The smallest absolute Gasteiger partial charge is 0.237 e. The van der Waals surface area contributed by atoms with Crippen molar-refractivity contribution in [3.63, 3.8) is 0 Å². The van der Waals surface area contributed by atoms with Gasteiger partial charge in [0.2, 0.25) is 5.91 Å². The van der Waals surface area contributed by atoms with Crippen molar-refractivity contribution < 1.29 is 4.79 Å². The van der Waals surface area contributed by atoms with Gasteiger partial charge in [-0.1, -0.05) is 0 Å². The Labute approximate surface area is 97.8 Å². The first-order valence-corrected chi connectivity index (χ1v) is 6.45. The number of amides is 1. The van der Waals surface area contributed by atoms with E-state index in [2.05, 4.69) is 22.6 Å². The molecule has 2 rings (SSSR count). The van der Waals surface area contributed by atoms with Gasteiger partial charge in [-0.2, -0.15) is 0 Å². The molecule has 0 aromatic heterocycles. The lowest BCUT2D eigenvalue weighted by molar-refractivity contribution is -0.122. The molecular weight excluding hydrogens is 202 g/mol. The van der Waals surface area contributed by atoms with Gasteiger partial charge in [0.25, 0.3) is 0 Å². The number of likely N-dealkylation sites (tertiary alicyclic amines) is 1. The number of nitrogens with one attached hydrogen (secondary N) is 2. The number of rotatable bonds is 4. The van der Waals surface area contributed by atoms with Gasteiger partial charge in [0, 0.05) is 13.1 Å². The maximum absolute atomic E-state index is 11.7. The van der Waals surface area contributed by atoms with E-state index in [-0.39, 0.29) is 11.9 Å². The van der Waals surface area contributed by atoms with Gasteiger partial charge in [0.15, 0.2) is 0 Å². The molecule has 4 nitrogen and oxygen atoms in total. The summed E-state index contributed by atoms with van der Waals surface area (Å²) < 4.78 is 0. The largest absolute Gasteiger partial charge is 0.355 e. The number of carbonyl (C=O) groups excluding carboxylic acids is 1. The second-order valence-corrected chi connectivity index (χ2v) is 5.15. The molecule has 2 fully saturated rings. The van der Waals surface area contributed by atoms with Crippen LogP contribution in [0, 0.1) is 5.92 Å². The molecule has 0 aromatic carbocycles. The van der Waals surface area contributed by atoms with E-state index in [1.54, 1.807) is 0 Å². The monoisotopic (exact) mass is 225 g/mol. The second-order valence-electron chi connectivity index (χ2n) is 5.15. The van der Waals surface area contributed by atoms with Crippen LogP contribution in [0.3, 0.4) is 0 Å². The fourth-order valence-corrected chi connectivity index (χ4v) is 2.69. The van der Waals surface area contributed by atoms with Gasteiger partial charge in [0.05, 0.1) is 6.04 Å². The molecule has 4 heteroatoms. The maximum atomic E-state index is 11.7. The Hall–Kier alpha value is -0.610. The van der Waals surface area contributed by atoms with Crippen molar-refractivity contribution in [3.8, 4) is 0 Å². The Bertz CT molecular complexity index is 238. The molecule has 1 amide bonds. The van der Waals surface area contributed by atoms with Crippen LogP contribution >= 0.6 is 0 Å². The SMILES string of the molecule is CN1CCC(CCNC(=O)C2CCCN2)C1. The number of nitrogens with zero attached hydrogens (tertiary/aromatic N) is 1. The summed E-state index contributed by atoms with van der Waals surface area (Å²) in [5.41, 5.74) is 0. The van der Waals surface area contributed by atoms with Gasteiger partial charge in [-0.05, 0) is 51.7 Å². The van der Waals surface area contributed by atoms with E-state index in [4.69, 9.17) is 0 Å². The molecule has 0 aliphatic carbocycles. The Kier molecular flexibility index (Phi) is 4.18. The molecule has 2 saturated heterocycles. The van der Waals surface area contributed by atoms with Crippen molar-refractivity contribution >= 4 is 5.91 Å². The van der Waals surface area contributed by atoms with Crippen molar-refractivity contribution in [2.45, 2.75) is 31.7 Å². The summed E-state index contributed by atoms with van der Waals surface area (Å²) in [6.07, 6.45) is 4.54. The zero-order chi connectivity index (χ0) is 11.4. The van der Waals surface area contributed by atoms with Crippen molar-refractivity contribution in [2.75, 3.05) is 33.2 Å². The minimum absolute atomic E-state index is 0.0752. The van der Waals surface area contributed by atoms with Crippen LogP contribution in [0.5, 0.6) is 0 Å². The van der Waals surface area contributed by atoms with Gasteiger partial charge < -0.3 is 15.5 Å². The van der Waals surface area contributed by atoms with E-state index >= 15 is 0 Å². The zero-order valence-electron chi connectivity index (χ0n) is 10.2. The Morgan fingerprint density at radius 1 is 1.50 bits per heavy atom. The number of carbonyl (C=O) groups is 1. The average molecular weight is 225 g/mol. The van der Waals surface area contributed by atoms with Crippen LogP contribution in [0.15, 0.2) is 0 Å². The topological polar surface area (TPSA) is 44.4 Å². The van der Waals surface area contributed by atoms with Gasteiger partial charge in [0.1, 0.15) is 0 Å². The molecular formula is C12H23N3O. The fourth-order valence-electron chi connectivity index (χ4n) is 2.69. The molecule has 2 N–H and O–H groups in total. The molecule has 2 unspecified atom stereocenters. The summed E-state index contributed by atoms with van der Waals surface area (Å²) >= 11 is 0. The van der Waals surface area contributed by atoms with Crippen LogP contribution in [-0.2, 0) is 4.79 Å². The third kappa shape index (κ3) is 3.19. The summed E-state index contributed by atoms with van der Waals surface area (Å²) in [4.78, 5) is 14.1. The van der Waals surface area contributed by atoms with Gasteiger partial charge in [-0.3, -0.25) is 4.79 Å². The van der Waals surface area contributed by atoms with E-state index < -0.39 is 0 Å².